The number of hydrogen-bond acceptors (Lipinski definition) is 2. The van der Waals surface area contributed by atoms with Crippen molar-refractivity contribution in [2.24, 2.45) is 10.4 Å². The molecule has 0 heterocycles. The van der Waals surface area contributed by atoms with E-state index in [1.54, 1.807) is 11.9 Å². The third-order valence-electron chi connectivity index (χ3n) is 4.86. The van der Waals surface area contributed by atoms with Crippen molar-refractivity contribution in [3.8, 4) is 0 Å². The predicted octanol–water partition coefficient (Wildman–Crippen LogP) is 2.70. The molecule has 0 atom stereocenters. The van der Waals surface area contributed by atoms with Crippen LogP contribution in [-0.2, 0) is 11.2 Å². The van der Waals surface area contributed by atoms with Gasteiger partial charge in [0.25, 0.3) is 0 Å². The summed E-state index contributed by atoms with van der Waals surface area (Å²) in [5, 5.41) is 7.43. The molecule has 1 amide bonds. The van der Waals surface area contributed by atoms with E-state index >= 15 is 0 Å². The van der Waals surface area contributed by atoms with Crippen molar-refractivity contribution >= 4 is 23.5 Å². The van der Waals surface area contributed by atoms with Crippen molar-refractivity contribution in [3.05, 3.63) is 34.9 Å². The fraction of sp³-hybridized carbons (Fsp3) is 0.579. The second-order valence-electron chi connectivity index (χ2n) is 6.92. The zero-order valence-corrected chi connectivity index (χ0v) is 16.2. The molecule has 0 aromatic heterocycles. The zero-order valence-electron chi connectivity index (χ0n) is 15.4. The largest absolute Gasteiger partial charge is 0.356 e. The van der Waals surface area contributed by atoms with Crippen LogP contribution in [0, 0.1) is 5.41 Å². The van der Waals surface area contributed by atoms with Crippen LogP contribution in [0.5, 0.6) is 0 Å². The van der Waals surface area contributed by atoms with Crippen LogP contribution in [0.2, 0.25) is 5.02 Å². The second-order valence-corrected chi connectivity index (χ2v) is 7.35. The first-order valence-electron chi connectivity index (χ1n) is 8.87. The van der Waals surface area contributed by atoms with Gasteiger partial charge in [-0.2, -0.15) is 0 Å². The summed E-state index contributed by atoms with van der Waals surface area (Å²) in [4.78, 5) is 18.6. The van der Waals surface area contributed by atoms with Gasteiger partial charge in [0, 0.05) is 39.3 Å². The number of halogens is 1. The third kappa shape index (κ3) is 5.36. The standard InChI is InChI=1S/C19H29ClN4O/c1-21-18(22-13-10-15-6-8-16(20)9-7-15)23-14-19(11-4-5-12-19)17(25)24(2)3/h6-9H,4-5,10-14H2,1-3H3,(H2,21,22,23). The van der Waals surface area contributed by atoms with Crippen molar-refractivity contribution in [2.45, 2.75) is 32.1 Å². The number of carbonyl (C=O) groups excluding carboxylic acids is 1. The summed E-state index contributed by atoms with van der Waals surface area (Å²) in [6.07, 6.45) is 5.00. The smallest absolute Gasteiger partial charge is 0.230 e. The lowest BCUT2D eigenvalue weighted by Gasteiger charge is -2.31. The first kappa shape index (κ1) is 19.6. The molecule has 0 saturated heterocycles. The van der Waals surface area contributed by atoms with Crippen molar-refractivity contribution in [2.75, 3.05) is 34.2 Å². The fourth-order valence-electron chi connectivity index (χ4n) is 3.44. The summed E-state index contributed by atoms with van der Waals surface area (Å²) in [6.45, 7) is 1.40. The summed E-state index contributed by atoms with van der Waals surface area (Å²) in [7, 11) is 5.43. The van der Waals surface area contributed by atoms with Crippen LogP contribution in [0.25, 0.3) is 0 Å². The number of carbonyl (C=O) groups is 1. The fourth-order valence-corrected chi connectivity index (χ4v) is 3.57. The minimum absolute atomic E-state index is 0.217. The highest BCUT2D eigenvalue weighted by Gasteiger charge is 2.42. The Labute approximate surface area is 155 Å². The molecule has 1 saturated carbocycles. The predicted molar refractivity (Wildman–Crippen MR) is 104 cm³/mol. The molecular formula is C19H29ClN4O. The van der Waals surface area contributed by atoms with E-state index in [-0.39, 0.29) is 11.3 Å². The van der Waals surface area contributed by atoms with Crippen LogP contribution in [0.4, 0.5) is 0 Å². The monoisotopic (exact) mass is 364 g/mol. The number of benzene rings is 1. The van der Waals surface area contributed by atoms with E-state index in [0.717, 1.165) is 49.6 Å². The quantitative estimate of drug-likeness (QED) is 0.602. The molecule has 0 unspecified atom stereocenters. The van der Waals surface area contributed by atoms with E-state index in [4.69, 9.17) is 11.6 Å². The molecule has 1 fully saturated rings. The number of nitrogens with one attached hydrogen (secondary N) is 2. The Morgan fingerprint density at radius 1 is 1.20 bits per heavy atom. The van der Waals surface area contributed by atoms with Gasteiger partial charge in [-0.25, -0.2) is 0 Å². The highest BCUT2D eigenvalue weighted by atomic mass is 35.5. The summed E-state index contributed by atoms with van der Waals surface area (Å²) in [5.41, 5.74) is 0.930. The average Bonchev–Trinajstić information content (AvgIpc) is 3.08. The Kier molecular flexibility index (Phi) is 7.12. The van der Waals surface area contributed by atoms with Crippen LogP contribution in [-0.4, -0.2) is 51.0 Å². The van der Waals surface area contributed by atoms with Gasteiger partial charge < -0.3 is 15.5 Å². The lowest BCUT2D eigenvalue weighted by Crippen LogP contribution is -2.49. The lowest BCUT2D eigenvalue weighted by atomic mass is 9.84. The molecule has 1 aromatic carbocycles. The minimum atomic E-state index is -0.294. The highest BCUT2D eigenvalue weighted by Crippen LogP contribution is 2.38. The summed E-state index contributed by atoms with van der Waals surface area (Å²) in [6, 6.07) is 7.87. The molecule has 138 valence electrons. The maximum Gasteiger partial charge on any atom is 0.230 e. The molecule has 6 heteroatoms. The summed E-state index contributed by atoms with van der Waals surface area (Å²) >= 11 is 5.91. The number of rotatable bonds is 6. The molecule has 1 aliphatic rings. The van der Waals surface area contributed by atoms with Crippen LogP contribution in [0.15, 0.2) is 29.3 Å². The van der Waals surface area contributed by atoms with Crippen LogP contribution < -0.4 is 10.6 Å². The zero-order chi connectivity index (χ0) is 18.3. The third-order valence-corrected chi connectivity index (χ3v) is 5.11. The Bertz CT molecular complexity index is 592. The van der Waals surface area contributed by atoms with Gasteiger partial charge in [0.05, 0.1) is 5.41 Å². The molecular weight excluding hydrogens is 336 g/mol. The Morgan fingerprint density at radius 3 is 2.40 bits per heavy atom. The average molecular weight is 365 g/mol. The van der Waals surface area contributed by atoms with E-state index in [9.17, 15) is 4.79 Å². The Morgan fingerprint density at radius 2 is 1.84 bits per heavy atom. The molecule has 5 nitrogen and oxygen atoms in total. The molecule has 1 aromatic rings. The summed E-state index contributed by atoms with van der Waals surface area (Å²) in [5.74, 6) is 0.959. The maximum atomic E-state index is 12.6. The highest BCUT2D eigenvalue weighted by molar-refractivity contribution is 6.30. The van der Waals surface area contributed by atoms with Crippen molar-refractivity contribution in [3.63, 3.8) is 0 Å². The molecule has 0 radical (unpaired) electrons. The molecule has 0 spiro atoms. The van der Waals surface area contributed by atoms with Crippen molar-refractivity contribution in [1.82, 2.24) is 15.5 Å². The number of aliphatic imine (C=N–C) groups is 1. The summed E-state index contributed by atoms with van der Waals surface area (Å²) < 4.78 is 0. The van der Waals surface area contributed by atoms with E-state index in [1.807, 2.05) is 38.4 Å². The van der Waals surface area contributed by atoms with E-state index < -0.39 is 0 Å². The van der Waals surface area contributed by atoms with Crippen LogP contribution in [0.1, 0.15) is 31.2 Å². The first-order valence-corrected chi connectivity index (χ1v) is 9.25. The first-order chi connectivity index (χ1) is 12.0. The normalized spacial score (nSPS) is 16.6. The van der Waals surface area contributed by atoms with E-state index in [2.05, 4.69) is 15.6 Å². The van der Waals surface area contributed by atoms with Gasteiger partial charge in [-0.1, -0.05) is 36.6 Å². The van der Waals surface area contributed by atoms with E-state index in [1.165, 1.54) is 5.56 Å². The van der Waals surface area contributed by atoms with Gasteiger partial charge in [-0.15, -0.1) is 0 Å². The van der Waals surface area contributed by atoms with Gasteiger partial charge in [0.2, 0.25) is 5.91 Å². The number of nitrogens with zero attached hydrogens (tertiary/aromatic N) is 2. The minimum Gasteiger partial charge on any atom is -0.356 e. The molecule has 2 rings (SSSR count). The number of hydrogen-bond donors (Lipinski definition) is 2. The Balaban J connectivity index is 1.84. The topological polar surface area (TPSA) is 56.7 Å². The second kappa shape index (κ2) is 9.09. The van der Waals surface area contributed by atoms with Gasteiger partial charge in [0.15, 0.2) is 5.96 Å². The lowest BCUT2D eigenvalue weighted by molar-refractivity contribution is -0.138. The van der Waals surface area contributed by atoms with Crippen LogP contribution in [0.3, 0.4) is 0 Å². The number of guanidine groups is 1. The van der Waals surface area contributed by atoms with E-state index in [0.29, 0.717) is 6.54 Å². The van der Waals surface area contributed by atoms with Crippen molar-refractivity contribution in [1.29, 1.82) is 0 Å². The van der Waals surface area contributed by atoms with Gasteiger partial charge in [0.1, 0.15) is 0 Å². The Hall–Kier alpha value is -1.75. The molecule has 0 bridgehead atoms. The van der Waals surface area contributed by atoms with Gasteiger partial charge in [-0.3, -0.25) is 9.79 Å². The maximum absolute atomic E-state index is 12.6. The van der Waals surface area contributed by atoms with Crippen LogP contribution >= 0.6 is 11.6 Å². The molecule has 0 aliphatic heterocycles. The SMILES string of the molecule is CN=C(NCCc1ccc(Cl)cc1)NCC1(C(=O)N(C)C)CCCC1. The van der Waals surface area contributed by atoms with Gasteiger partial charge in [-0.05, 0) is 37.0 Å². The van der Waals surface area contributed by atoms with Crippen molar-refractivity contribution < 1.29 is 4.79 Å². The molecule has 2 N–H and O–H groups in total. The van der Waals surface area contributed by atoms with Gasteiger partial charge >= 0.3 is 0 Å². The number of amides is 1. The molecule has 1 aliphatic carbocycles. The molecule has 25 heavy (non-hydrogen) atoms.